The first-order valence-corrected chi connectivity index (χ1v) is 8.09. The van der Waals surface area contributed by atoms with Crippen molar-refractivity contribution in [2.75, 3.05) is 12.8 Å². The van der Waals surface area contributed by atoms with Crippen molar-refractivity contribution in [2.24, 2.45) is 0 Å². The fraction of sp³-hybridized carbons (Fsp3) is 0.308. The van der Waals surface area contributed by atoms with E-state index in [1.165, 1.54) is 10.4 Å². The van der Waals surface area contributed by atoms with Gasteiger partial charge in [-0.1, -0.05) is 5.16 Å². The Morgan fingerprint density at radius 1 is 1.29 bits per heavy atom. The second-order valence-electron chi connectivity index (χ2n) is 4.91. The lowest BCUT2D eigenvalue weighted by molar-refractivity contribution is 0.332. The fourth-order valence-corrected chi connectivity index (χ4v) is 3.12. The molecule has 3 rings (SSSR count). The summed E-state index contributed by atoms with van der Waals surface area (Å²) in [6, 6.07) is 3.41. The number of sulfonamides is 1. The third-order valence-electron chi connectivity index (χ3n) is 3.45. The number of hydrogen-bond donors (Lipinski definition) is 0. The number of benzene rings is 1. The summed E-state index contributed by atoms with van der Waals surface area (Å²) in [5, 5.41) is 3.87. The van der Waals surface area contributed by atoms with Crippen LogP contribution in [0.4, 0.5) is 8.78 Å². The van der Waals surface area contributed by atoms with Crippen molar-refractivity contribution in [3.8, 4) is 11.3 Å². The molecule has 1 aromatic carbocycles. The molecule has 0 radical (unpaired) electrons. The lowest BCUT2D eigenvalue weighted by Gasteiger charge is -2.23. The van der Waals surface area contributed by atoms with E-state index in [1.807, 2.05) is 0 Å². The molecule has 2 aromatic rings. The molecule has 1 aliphatic rings. The summed E-state index contributed by atoms with van der Waals surface area (Å²) in [6.45, 7) is 0.435. The van der Waals surface area contributed by atoms with E-state index in [1.54, 1.807) is 0 Å². The quantitative estimate of drug-likeness (QED) is 0.850. The van der Waals surface area contributed by atoms with Gasteiger partial charge in [-0.3, -0.25) is 0 Å². The normalized spacial score (nSPS) is 16.0. The maximum absolute atomic E-state index is 13.3. The highest BCUT2D eigenvalue weighted by molar-refractivity contribution is 7.88. The van der Waals surface area contributed by atoms with Gasteiger partial charge in [-0.15, -0.1) is 0 Å². The zero-order valence-electron chi connectivity index (χ0n) is 11.1. The van der Waals surface area contributed by atoms with E-state index in [2.05, 4.69) is 5.16 Å². The van der Waals surface area contributed by atoms with Crippen molar-refractivity contribution in [1.82, 2.24) is 9.46 Å². The summed E-state index contributed by atoms with van der Waals surface area (Å²) >= 11 is 0. The predicted octanol–water partition coefficient (Wildman–Crippen LogP) is 1.94. The standard InChI is InChI=1S/C13H12F2N2O3S/c1-21(18,19)17-5-4-12-9(7-17)13(16-20-12)8-2-3-10(14)11(15)6-8/h2-3,6H,4-5,7H2,1H3. The van der Waals surface area contributed by atoms with Crippen LogP contribution in [-0.4, -0.2) is 30.7 Å². The molecule has 0 aliphatic carbocycles. The van der Waals surface area contributed by atoms with Crippen LogP contribution in [0, 0.1) is 11.6 Å². The van der Waals surface area contributed by atoms with Crippen molar-refractivity contribution in [3.05, 3.63) is 41.2 Å². The van der Waals surface area contributed by atoms with Crippen LogP contribution >= 0.6 is 0 Å². The summed E-state index contributed by atoms with van der Waals surface area (Å²) in [7, 11) is -3.33. The van der Waals surface area contributed by atoms with Gasteiger partial charge in [0.2, 0.25) is 10.0 Å². The van der Waals surface area contributed by atoms with Gasteiger partial charge in [0.1, 0.15) is 11.5 Å². The highest BCUT2D eigenvalue weighted by Crippen LogP contribution is 2.31. The van der Waals surface area contributed by atoms with Gasteiger partial charge in [0, 0.05) is 30.6 Å². The summed E-state index contributed by atoms with van der Waals surface area (Å²) in [5.74, 6) is -1.36. The van der Waals surface area contributed by atoms with Crippen LogP contribution in [0.15, 0.2) is 22.7 Å². The van der Waals surface area contributed by atoms with Crippen LogP contribution in [0.25, 0.3) is 11.3 Å². The van der Waals surface area contributed by atoms with Gasteiger partial charge < -0.3 is 4.52 Å². The van der Waals surface area contributed by atoms with Crippen molar-refractivity contribution in [1.29, 1.82) is 0 Å². The number of hydrogen-bond acceptors (Lipinski definition) is 4. The Kier molecular flexibility index (Phi) is 3.29. The molecule has 2 heterocycles. The number of rotatable bonds is 2. The van der Waals surface area contributed by atoms with Crippen molar-refractivity contribution >= 4 is 10.0 Å². The largest absolute Gasteiger partial charge is 0.360 e. The topological polar surface area (TPSA) is 63.4 Å². The third-order valence-corrected chi connectivity index (χ3v) is 4.70. The molecule has 0 bridgehead atoms. The predicted molar refractivity (Wildman–Crippen MR) is 70.8 cm³/mol. The smallest absolute Gasteiger partial charge is 0.211 e. The highest BCUT2D eigenvalue weighted by atomic mass is 32.2. The first-order chi connectivity index (χ1) is 9.86. The summed E-state index contributed by atoms with van der Waals surface area (Å²) < 4.78 is 56.1. The zero-order valence-corrected chi connectivity index (χ0v) is 12.0. The monoisotopic (exact) mass is 314 g/mol. The molecule has 5 nitrogen and oxygen atoms in total. The fourth-order valence-electron chi connectivity index (χ4n) is 2.34. The van der Waals surface area contributed by atoms with Crippen molar-refractivity contribution < 1.29 is 21.7 Å². The SMILES string of the molecule is CS(=O)(=O)N1CCc2onc(-c3ccc(F)c(F)c3)c2C1. The number of fused-ring (bicyclic) bond motifs is 1. The van der Waals surface area contributed by atoms with E-state index in [0.29, 0.717) is 35.5 Å². The van der Waals surface area contributed by atoms with E-state index in [-0.39, 0.29) is 6.54 Å². The van der Waals surface area contributed by atoms with E-state index >= 15 is 0 Å². The molecule has 8 heteroatoms. The summed E-state index contributed by atoms with van der Waals surface area (Å²) in [4.78, 5) is 0. The van der Waals surface area contributed by atoms with Gasteiger partial charge in [0.05, 0.1) is 6.26 Å². The van der Waals surface area contributed by atoms with Crippen LogP contribution < -0.4 is 0 Å². The number of nitrogens with zero attached hydrogens (tertiary/aromatic N) is 2. The van der Waals surface area contributed by atoms with E-state index in [4.69, 9.17) is 4.52 Å². The van der Waals surface area contributed by atoms with Crippen LogP contribution in [0.1, 0.15) is 11.3 Å². The second-order valence-corrected chi connectivity index (χ2v) is 6.89. The van der Waals surface area contributed by atoms with Crippen LogP contribution in [0.2, 0.25) is 0 Å². The molecule has 112 valence electrons. The van der Waals surface area contributed by atoms with Crippen LogP contribution in [-0.2, 0) is 23.0 Å². The first kappa shape index (κ1) is 14.2. The molecule has 0 atom stereocenters. The Balaban J connectivity index is 2.03. The van der Waals surface area contributed by atoms with Gasteiger partial charge in [0.15, 0.2) is 11.6 Å². The molecular weight excluding hydrogens is 302 g/mol. The molecule has 0 saturated heterocycles. The summed E-state index contributed by atoms with van der Waals surface area (Å²) in [5.41, 5.74) is 1.30. The van der Waals surface area contributed by atoms with Crippen LogP contribution in [0.3, 0.4) is 0 Å². The van der Waals surface area contributed by atoms with Gasteiger partial charge >= 0.3 is 0 Å². The lowest BCUT2D eigenvalue weighted by Crippen LogP contribution is -2.34. The molecule has 0 saturated carbocycles. The van der Waals surface area contributed by atoms with Crippen LogP contribution in [0.5, 0.6) is 0 Å². The minimum Gasteiger partial charge on any atom is -0.360 e. The number of halogens is 2. The lowest BCUT2D eigenvalue weighted by atomic mass is 10.0. The van der Waals surface area contributed by atoms with Gasteiger partial charge in [-0.05, 0) is 18.2 Å². The molecule has 0 spiro atoms. The van der Waals surface area contributed by atoms with Crippen molar-refractivity contribution in [2.45, 2.75) is 13.0 Å². The number of aromatic nitrogens is 1. The Labute approximate surface area is 120 Å². The maximum Gasteiger partial charge on any atom is 0.211 e. The van der Waals surface area contributed by atoms with E-state index in [9.17, 15) is 17.2 Å². The Morgan fingerprint density at radius 2 is 2.05 bits per heavy atom. The Bertz CT molecular complexity index is 802. The van der Waals surface area contributed by atoms with Gasteiger partial charge in [0.25, 0.3) is 0 Å². The molecule has 1 aliphatic heterocycles. The molecule has 0 unspecified atom stereocenters. The first-order valence-electron chi connectivity index (χ1n) is 6.24. The zero-order chi connectivity index (χ0) is 15.2. The van der Waals surface area contributed by atoms with Crippen molar-refractivity contribution in [3.63, 3.8) is 0 Å². The van der Waals surface area contributed by atoms with Gasteiger partial charge in [-0.2, -0.15) is 4.31 Å². The third kappa shape index (κ3) is 2.56. The Morgan fingerprint density at radius 3 is 2.71 bits per heavy atom. The molecule has 21 heavy (non-hydrogen) atoms. The molecular formula is C13H12F2N2O3S. The minimum absolute atomic E-state index is 0.117. The van der Waals surface area contributed by atoms with Gasteiger partial charge in [-0.25, -0.2) is 17.2 Å². The molecule has 0 amide bonds. The highest BCUT2D eigenvalue weighted by Gasteiger charge is 2.29. The average Bonchev–Trinajstić information content (AvgIpc) is 2.84. The second kappa shape index (κ2) is 4.88. The minimum atomic E-state index is -3.33. The maximum atomic E-state index is 13.3. The molecule has 0 fully saturated rings. The van der Waals surface area contributed by atoms with E-state index < -0.39 is 21.7 Å². The van der Waals surface area contributed by atoms with E-state index in [0.717, 1.165) is 18.4 Å². The average molecular weight is 314 g/mol. The summed E-state index contributed by atoms with van der Waals surface area (Å²) in [6.07, 6.45) is 1.53. The molecule has 0 N–H and O–H groups in total. The Hall–Kier alpha value is -1.80. The molecule has 1 aromatic heterocycles.